The lowest BCUT2D eigenvalue weighted by atomic mass is 10.1. The molecule has 0 saturated heterocycles. The van der Waals surface area contributed by atoms with Gasteiger partial charge < -0.3 is 14.8 Å². The van der Waals surface area contributed by atoms with Gasteiger partial charge in [0.1, 0.15) is 10.8 Å². The van der Waals surface area contributed by atoms with Gasteiger partial charge in [0.25, 0.3) is 5.91 Å². The first-order chi connectivity index (χ1) is 14.5. The first-order valence-corrected chi connectivity index (χ1v) is 11.2. The summed E-state index contributed by atoms with van der Waals surface area (Å²) in [7, 11) is 0. The number of nitrogens with one attached hydrogen (secondary N) is 1. The average Bonchev–Trinajstić information content (AvgIpc) is 3.17. The molecule has 0 fully saturated rings. The van der Waals surface area contributed by atoms with E-state index in [1.165, 1.54) is 16.9 Å². The van der Waals surface area contributed by atoms with Gasteiger partial charge in [-0.3, -0.25) is 4.79 Å². The summed E-state index contributed by atoms with van der Waals surface area (Å²) in [5.74, 6) is -0.234. The number of carbonyl (C=O) groups excluding carboxylic acids is 2. The van der Waals surface area contributed by atoms with E-state index >= 15 is 0 Å². The van der Waals surface area contributed by atoms with Crippen LogP contribution in [0.4, 0.5) is 5.00 Å². The van der Waals surface area contributed by atoms with Crippen molar-refractivity contribution in [1.29, 1.82) is 0 Å². The van der Waals surface area contributed by atoms with Crippen molar-refractivity contribution in [3.8, 4) is 16.2 Å². The fourth-order valence-corrected chi connectivity index (χ4v) is 4.38. The molecule has 1 N–H and O–H groups in total. The molecular formula is C23H22BrNO4S. The molecule has 1 heterocycles. The van der Waals surface area contributed by atoms with E-state index in [9.17, 15) is 9.59 Å². The minimum atomic E-state index is -0.468. The topological polar surface area (TPSA) is 64.6 Å². The molecule has 0 aliphatic carbocycles. The number of halogens is 1. The highest BCUT2D eigenvalue weighted by Crippen LogP contribution is 2.36. The Morgan fingerprint density at radius 3 is 2.50 bits per heavy atom. The lowest BCUT2D eigenvalue weighted by Gasteiger charge is -2.10. The van der Waals surface area contributed by atoms with Gasteiger partial charge in [-0.05, 0) is 58.6 Å². The molecule has 0 spiro atoms. The number of rotatable bonds is 8. The van der Waals surface area contributed by atoms with E-state index in [1.54, 1.807) is 13.0 Å². The number of benzene rings is 2. The van der Waals surface area contributed by atoms with Gasteiger partial charge in [-0.2, -0.15) is 0 Å². The van der Waals surface area contributed by atoms with Crippen LogP contribution >= 0.6 is 27.3 Å². The molecule has 3 rings (SSSR count). The summed E-state index contributed by atoms with van der Waals surface area (Å²) in [5, 5.41) is 3.24. The Bertz CT molecular complexity index is 1030. The molecule has 0 atom stereocenters. The molecule has 5 nitrogen and oxygen atoms in total. The maximum atomic E-state index is 12.5. The quantitative estimate of drug-likeness (QED) is 0.399. The highest BCUT2D eigenvalue weighted by molar-refractivity contribution is 9.10. The number of amides is 1. The number of hydrogen-bond donors (Lipinski definition) is 1. The van der Waals surface area contributed by atoms with Crippen molar-refractivity contribution < 1.29 is 19.1 Å². The van der Waals surface area contributed by atoms with Crippen LogP contribution in [-0.4, -0.2) is 25.1 Å². The lowest BCUT2D eigenvalue weighted by Crippen LogP contribution is -2.21. The summed E-state index contributed by atoms with van der Waals surface area (Å²) in [6.07, 6.45) is 0.915. The molecule has 156 valence electrons. The van der Waals surface area contributed by atoms with E-state index in [0.29, 0.717) is 16.3 Å². The Morgan fingerprint density at radius 2 is 1.83 bits per heavy atom. The summed E-state index contributed by atoms with van der Waals surface area (Å²) < 4.78 is 11.6. The second-order valence-corrected chi connectivity index (χ2v) is 8.30. The predicted octanol–water partition coefficient (Wildman–Crippen LogP) is 5.93. The maximum absolute atomic E-state index is 12.5. The van der Waals surface area contributed by atoms with E-state index in [1.807, 2.05) is 48.5 Å². The van der Waals surface area contributed by atoms with E-state index in [2.05, 4.69) is 28.2 Å². The zero-order valence-electron chi connectivity index (χ0n) is 16.7. The number of esters is 1. The molecule has 1 amide bonds. The van der Waals surface area contributed by atoms with Crippen molar-refractivity contribution in [3.05, 3.63) is 70.2 Å². The van der Waals surface area contributed by atoms with Crippen LogP contribution in [0.2, 0.25) is 0 Å². The SMILES string of the molecule is CCOC(=O)c1cc(-c2ccccc2)sc1NC(=O)COc1ccc(CC)cc1Br. The van der Waals surface area contributed by atoms with Crippen LogP contribution in [0.5, 0.6) is 5.75 Å². The van der Waals surface area contributed by atoms with E-state index < -0.39 is 5.97 Å². The van der Waals surface area contributed by atoms with Crippen molar-refractivity contribution in [3.63, 3.8) is 0 Å². The molecule has 7 heteroatoms. The monoisotopic (exact) mass is 487 g/mol. The summed E-state index contributed by atoms with van der Waals surface area (Å²) in [6, 6.07) is 17.2. The van der Waals surface area contributed by atoms with Crippen molar-refractivity contribution in [2.75, 3.05) is 18.5 Å². The van der Waals surface area contributed by atoms with Crippen molar-refractivity contribution >= 4 is 44.1 Å². The van der Waals surface area contributed by atoms with Gasteiger partial charge in [0.2, 0.25) is 0 Å². The van der Waals surface area contributed by atoms with Crippen molar-refractivity contribution in [2.24, 2.45) is 0 Å². The van der Waals surface area contributed by atoms with E-state index in [-0.39, 0.29) is 19.1 Å². The summed E-state index contributed by atoms with van der Waals surface area (Å²) in [4.78, 5) is 25.7. The van der Waals surface area contributed by atoms with Crippen LogP contribution in [-0.2, 0) is 16.0 Å². The summed E-state index contributed by atoms with van der Waals surface area (Å²) in [5.41, 5.74) is 2.47. The minimum absolute atomic E-state index is 0.176. The molecule has 2 aromatic carbocycles. The van der Waals surface area contributed by atoms with Crippen LogP contribution in [0.25, 0.3) is 10.4 Å². The molecule has 0 aliphatic heterocycles. The molecule has 0 bridgehead atoms. The highest BCUT2D eigenvalue weighted by Gasteiger charge is 2.20. The number of thiophene rings is 1. The second kappa shape index (κ2) is 10.4. The zero-order chi connectivity index (χ0) is 21.5. The van der Waals surface area contributed by atoms with E-state index in [0.717, 1.165) is 21.3 Å². The molecule has 3 aromatic rings. The van der Waals surface area contributed by atoms with Gasteiger partial charge in [0.05, 0.1) is 16.6 Å². The Morgan fingerprint density at radius 1 is 1.07 bits per heavy atom. The van der Waals surface area contributed by atoms with Crippen molar-refractivity contribution in [1.82, 2.24) is 0 Å². The molecule has 1 aromatic heterocycles. The largest absolute Gasteiger partial charge is 0.483 e. The predicted molar refractivity (Wildman–Crippen MR) is 123 cm³/mol. The summed E-state index contributed by atoms with van der Waals surface area (Å²) in [6.45, 7) is 3.90. The highest BCUT2D eigenvalue weighted by atomic mass is 79.9. The van der Waals surface area contributed by atoms with Crippen LogP contribution < -0.4 is 10.1 Å². The Hall–Kier alpha value is -2.64. The Balaban J connectivity index is 1.75. The molecular weight excluding hydrogens is 466 g/mol. The average molecular weight is 488 g/mol. The number of ether oxygens (including phenoxy) is 2. The number of carbonyl (C=O) groups is 2. The van der Waals surface area contributed by atoms with Crippen LogP contribution in [0.1, 0.15) is 29.8 Å². The number of anilines is 1. The smallest absolute Gasteiger partial charge is 0.341 e. The standard InChI is InChI=1S/C23H22BrNO4S/c1-3-15-10-11-19(18(24)12-15)29-14-21(26)25-22-17(23(27)28-4-2)13-20(30-22)16-8-6-5-7-9-16/h5-13H,3-4,14H2,1-2H3,(H,25,26). The molecule has 30 heavy (non-hydrogen) atoms. The first kappa shape index (κ1) is 22.1. The van der Waals surface area contributed by atoms with Gasteiger partial charge in [0, 0.05) is 4.88 Å². The first-order valence-electron chi connectivity index (χ1n) is 9.59. The van der Waals surface area contributed by atoms with Gasteiger partial charge in [-0.15, -0.1) is 11.3 Å². The third-order valence-electron chi connectivity index (χ3n) is 4.30. The normalized spacial score (nSPS) is 10.5. The lowest BCUT2D eigenvalue weighted by molar-refractivity contribution is -0.118. The second-order valence-electron chi connectivity index (χ2n) is 6.40. The Labute approximate surface area is 188 Å². The number of hydrogen-bond acceptors (Lipinski definition) is 5. The molecule has 0 aliphatic rings. The van der Waals surface area contributed by atoms with Gasteiger partial charge >= 0.3 is 5.97 Å². The molecule has 0 unspecified atom stereocenters. The Kier molecular flexibility index (Phi) is 7.65. The zero-order valence-corrected chi connectivity index (χ0v) is 19.1. The summed E-state index contributed by atoms with van der Waals surface area (Å²) >= 11 is 4.79. The van der Waals surface area contributed by atoms with Gasteiger partial charge in [-0.25, -0.2) is 4.79 Å². The number of aryl methyl sites for hydroxylation is 1. The van der Waals surface area contributed by atoms with Crippen molar-refractivity contribution in [2.45, 2.75) is 20.3 Å². The molecule has 0 radical (unpaired) electrons. The molecule has 0 saturated carbocycles. The van der Waals surface area contributed by atoms with Gasteiger partial charge in [-0.1, -0.05) is 43.3 Å². The van der Waals surface area contributed by atoms with Gasteiger partial charge in [0.15, 0.2) is 6.61 Å². The fraction of sp³-hybridized carbons (Fsp3) is 0.217. The van der Waals surface area contributed by atoms with E-state index in [4.69, 9.17) is 9.47 Å². The van der Waals surface area contributed by atoms with Crippen LogP contribution in [0.3, 0.4) is 0 Å². The fourth-order valence-electron chi connectivity index (χ4n) is 2.78. The van der Waals surface area contributed by atoms with Crippen LogP contribution in [0.15, 0.2) is 59.1 Å². The van der Waals surface area contributed by atoms with Crippen LogP contribution in [0, 0.1) is 0 Å². The maximum Gasteiger partial charge on any atom is 0.341 e. The third kappa shape index (κ3) is 5.49. The minimum Gasteiger partial charge on any atom is -0.483 e. The third-order valence-corrected chi connectivity index (χ3v) is 6.02.